The number of nitrogens with one attached hydrogen (secondary N) is 2. The molecule has 0 radical (unpaired) electrons. The van der Waals surface area contributed by atoms with Gasteiger partial charge in [0.1, 0.15) is 22.9 Å². The van der Waals surface area contributed by atoms with Crippen LogP contribution in [0.15, 0.2) is 46.5 Å². The lowest BCUT2D eigenvalue weighted by Gasteiger charge is -2.13. The normalized spacial score (nSPS) is 15.0. The van der Waals surface area contributed by atoms with Gasteiger partial charge in [0.2, 0.25) is 5.91 Å². The Hall–Kier alpha value is -3.95. The van der Waals surface area contributed by atoms with Crippen molar-refractivity contribution < 1.29 is 23.7 Å². The first kappa shape index (κ1) is 18.8. The lowest BCUT2D eigenvalue weighted by Crippen LogP contribution is -2.38. The van der Waals surface area contributed by atoms with E-state index in [-0.39, 0.29) is 11.5 Å². The van der Waals surface area contributed by atoms with Crippen LogP contribution in [0.2, 0.25) is 0 Å². The number of hydrogen-bond acceptors (Lipinski definition) is 6. The summed E-state index contributed by atoms with van der Waals surface area (Å²) in [5, 5.41) is 15.6. The lowest BCUT2D eigenvalue weighted by molar-refractivity contribution is -0.402. The Morgan fingerprint density at radius 1 is 1.29 bits per heavy atom. The van der Waals surface area contributed by atoms with Gasteiger partial charge in [0.05, 0.1) is 6.07 Å². The number of hydrogen-bond donors (Lipinski definition) is 2. The Bertz CT molecular complexity index is 993. The fourth-order valence-corrected chi connectivity index (χ4v) is 2.66. The number of aryl methyl sites for hydroxylation is 1. The summed E-state index contributed by atoms with van der Waals surface area (Å²) in [5.41, 5.74) is 1.39. The van der Waals surface area contributed by atoms with Gasteiger partial charge in [0.15, 0.2) is 0 Å². The van der Waals surface area contributed by atoms with Gasteiger partial charge in [-0.3, -0.25) is 19.7 Å². The van der Waals surface area contributed by atoms with Gasteiger partial charge in [-0.25, -0.2) is 9.69 Å². The van der Waals surface area contributed by atoms with Crippen LogP contribution in [0, 0.1) is 10.1 Å². The average Bonchev–Trinajstić information content (AvgIpc) is 3.23. The molecule has 0 atom stereocenters. The standard InChI is InChI=1S/C18H16N4O6/c1-2-11-5-3-4-6-13(11)19-15(23)10-21-17(24)14(20-18(21)25)9-12-7-8-16(28-12)22(26)27/h3-9H,2,10H2,1H3,(H,19,23)(H,20,25)/b14-9+. The second-order valence-corrected chi connectivity index (χ2v) is 5.87. The minimum Gasteiger partial charge on any atom is -0.401 e. The van der Waals surface area contributed by atoms with Gasteiger partial charge < -0.3 is 15.1 Å². The summed E-state index contributed by atoms with van der Waals surface area (Å²) in [5.74, 6) is -1.73. The van der Waals surface area contributed by atoms with E-state index >= 15 is 0 Å². The van der Waals surface area contributed by atoms with E-state index in [4.69, 9.17) is 4.42 Å². The van der Waals surface area contributed by atoms with Crippen molar-refractivity contribution in [1.82, 2.24) is 10.2 Å². The van der Waals surface area contributed by atoms with Crippen LogP contribution in [0.5, 0.6) is 0 Å². The molecule has 0 unspecified atom stereocenters. The molecule has 0 spiro atoms. The molecule has 28 heavy (non-hydrogen) atoms. The molecular weight excluding hydrogens is 368 g/mol. The third kappa shape index (κ3) is 3.90. The molecule has 1 aliphatic heterocycles. The number of carbonyl (C=O) groups excluding carboxylic acids is 3. The van der Waals surface area contributed by atoms with Gasteiger partial charge in [-0.2, -0.15) is 0 Å². The van der Waals surface area contributed by atoms with E-state index in [9.17, 15) is 24.5 Å². The molecule has 10 nitrogen and oxygen atoms in total. The Kier molecular flexibility index (Phi) is 5.21. The van der Waals surface area contributed by atoms with Crippen molar-refractivity contribution in [2.75, 3.05) is 11.9 Å². The van der Waals surface area contributed by atoms with Gasteiger partial charge in [0.25, 0.3) is 5.91 Å². The number of nitrogens with zero attached hydrogens (tertiary/aromatic N) is 2. The number of para-hydroxylation sites is 1. The SMILES string of the molecule is CCc1ccccc1NC(=O)CN1C(=O)N/C(=C/c2ccc([N+](=O)[O-])o2)C1=O. The largest absolute Gasteiger partial charge is 0.433 e. The summed E-state index contributed by atoms with van der Waals surface area (Å²) < 4.78 is 4.93. The van der Waals surface area contributed by atoms with Crippen LogP contribution in [0.4, 0.5) is 16.4 Å². The quantitative estimate of drug-likeness (QED) is 0.339. The monoisotopic (exact) mass is 384 g/mol. The number of amides is 4. The summed E-state index contributed by atoms with van der Waals surface area (Å²) >= 11 is 0. The number of anilines is 1. The summed E-state index contributed by atoms with van der Waals surface area (Å²) in [4.78, 5) is 47.4. The van der Waals surface area contributed by atoms with Crippen molar-refractivity contribution in [3.63, 3.8) is 0 Å². The van der Waals surface area contributed by atoms with Crippen LogP contribution >= 0.6 is 0 Å². The smallest absolute Gasteiger partial charge is 0.401 e. The van der Waals surface area contributed by atoms with Crippen molar-refractivity contribution in [2.24, 2.45) is 0 Å². The highest BCUT2D eigenvalue weighted by atomic mass is 16.6. The maximum Gasteiger partial charge on any atom is 0.433 e. The highest BCUT2D eigenvalue weighted by molar-refractivity contribution is 6.15. The fraction of sp³-hybridized carbons (Fsp3) is 0.167. The number of furan rings is 1. The maximum absolute atomic E-state index is 12.4. The van der Waals surface area contributed by atoms with E-state index < -0.39 is 35.2 Å². The van der Waals surface area contributed by atoms with Crippen LogP contribution in [-0.2, 0) is 16.0 Å². The van der Waals surface area contributed by atoms with Crippen LogP contribution < -0.4 is 10.6 Å². The second-order valence-electron chi connectivity index (χ2n) is 5.87. The van der Waals surface area contributed by atoms with Gasteiger partial charge in [-0.1, -0.05) is 25.1 Å². The third-order valence-electron chi connectivity index (χ3n) is 4.02. The molecule has 2 heterocycles. The zero-order valence-electron chi connectivity index (χ0n) is 14.8. The molecule has 1 aliphatic rings. The predicted octanol–water partition coefficient (Wildman–Crippen LogP) is 2.28. The zero-order valence-corrected chi connectivity index (χ0v) is 14.8. The van der Waals surface area contributed by atoms with Crippen molar-refractivity contribution in [2.45, 2.75) is 13.3 Å². The highest BCUT2D eigenvalue weighted by Crippen LogP contribution is 2.20. The number of rotatable bonds is 6. The van der Waals surface area contributed by atoms with Gasteiger partial charge in [-0.05, 0) is 24.1 Å². The zero-order chi connectivity index (χ0) is 20.3. The van der Waals surface area contributed by atoms with Crippen molar-refractivity contribution >= 4 is 35.5 Å². The van der Waals surface area contributed by atoms with E-state index in [1.165, 1.54) is 6.07 Å². The Morgan fingerprint density at radius 3 is 2.71 bits per heavy atom. The molecular formula is C18H16N4O6. The number of carbonyl (C=O) groups is 3. The van der Waals surface area contributed by atoms with E-state index in [1.807, 2.05) is 19.1 Å². The van der Waals surface area contributed by atoms with Crippen molar-refractivity contribution in [3.8, 4) is 0 Å². The fourth-order valence-electron chi connectivity index (χ4n) is 2.66. The first-order valence-corrected chi connectivity index (χ1v) is 8.35. The minimum absolute atomic E-state index is 0.0264. The Labute approximate surface area is 159 Å². The molecule has 1 fully saturated rings. The van der Waals surface area contributed by atoms with Crippen LogP contribution in [0.1, 0.15) is 18.2 Å². The first-order chi connectivity index (χ1) is 13.4. The summed E-state index contributed by atoms with van der Waals surface area (Å²) in [6.07, 6.45) is 1.87. The molecule has 1 aromatic heterocycles. The van der Waals surface area contributed by atoms with Crippen molar-refractivity contribution in [3.05, 3.63) is 63.5 Å². The number of urea groups is 1. The molecule has 1 aromatic carbocycles. The van der Waals surface area contributed by atoms with Crippen LogP contribution in [0.3, 0.4) is 0 Å². The lowest BCUT2D eigenvalue weighted by atomic mass is 10.1. The Balaban J connectivity index is 1.70. The minimum atomic E-state index is -0.767. The number of benzene rings is 1. The molecule has 144 valence electrons. The van der Waals surface area contributed by atoms with E-state index in [0.29, 0.717) is 12.1 Å². The predicted molar refractivity (Wildman–Crippen MR) is 98.0 cm³/mol. The molecule has 2 N–H and O–H groups in total. The number of imide groups is 1. The molecule has 10 heteroatoms. The van der Waals surface area contributed by atoms with E-state index in [2.05, 4.69) is 10.6 Å². The van der Waals surface area contributed by atoms with E-state index in [0.717, 1.165) is 22.6 Å². The average molecular weight is 384 g/mol. The topological polar surface area (TPSA) is 135 Å². The van der Waals surface area contributed by atoms with Gasteiger partial charge in [0, 0.05) is 11.8 Å². The second kappa shape index (κ2) is 7.74. The van der Waals surface area contributed by atoms with Gasteiger partial charge >= 0.3 is 11.9 Å². The molecule has 4 amide bonds. The summed E-state index contributed by atoms with van der Waals surface area (Å²) in [7, 11) is 0. The molecule has 3 rings (SSSR count). The Morgan fingerprint density at radius 2 is 2.04 bits per heavy atom. The molecule has 1 saturated heterocycles. The molecule has 2 aromatic rings. The van der Waals surface area contributed by atoms with E-state index in [1.54, 1.807) is 12.1 Å². The van der Waals surface area contributed by atoms with Crippen LogP contribution in [-0.4, -0.2) is 34.2 Å². The highest BCUT2D eigenvalue weighted by Gasteiger charge is 2.35. The molecule has 0 aliphatic carbocycles. The summed E-state index contributed by atoms with van der Waals surface area (Å²) in [6.45, 7) is 1.47. The summed E-state index contributed by atoms with van der Waals surface area (Å²) in [6, 6.07) is 8.88. The first-order valence-electron chi connectivity index (χ1n) is 8.35. The molecule has 0 bridgehead atoms. The van der Waals surface area contributed by atoms with Crippen LogP contribution in [0.25, 0.3) is 6.08 Å². The molecule has 0 saturated carbocycles. The maximum atomic E-state index is 12.4. The number of nitro groups is 1. The van der Waals surface area contributed by atoms with Crippen molar-refractivity contribution in [1.29, 1.82) is 0 Å². The van der Waals surface area contributed by atoms with Gasteiger partial charge in [-0.15, -0.1) is 0 Å². The third-order valence-corrected chi connectivity index (χ3v) is 4.02.